The van der Waals surface area contributed by atoms with Crippen molar-refractivity contribution in [2.45, 2.75) is 31.5 Å². The fourth-order valence-electron chi connectivity index (χ4n) is 1.85. The van der Waals surface area contributed by atoms with E-state index in [1.54, 1.807) is 6.92 Å². The Morgan fingerprint density at radius 2 is 2.33 bits per heavy atom. The molecule has 0 aromatic carbocycles. The van der Waals surface area contributed by atoms with E-state index >= 15 is 0 Å². The van der Waals surface area contributed by atoms with Gasteiger partial charge in [0.25, 0.3) is 0 Å². The van der Waals surface area contributed by atoms with E-state index in [1.807, 2.05) is 0 Å². The summed E-state index contributed by atoms with van der Waals surface area (Å²) in [6.45, 7) is 1.04. The lowest BCUT2D eigenvalue weighted by atomic mass is 10.1. The Hall–Kier alpha value is -1.51. The van der Waals surface area contributed by atoms with Crippen molar-refractivity contribution >= 4 is 5.82 Å². The summed E-state index contributed by atoms with van der Waals surface area (Å²) in [5, 5.41) is 18.6. The Morgan fingerprint density at radius 3 is 2.89 bits per heavy atom. The highest BCUT2D eigenvalue weighted by Crippen LogP contribution is 2.30. The zero-order valence-electron chi connectivity index (χ0n) is 9.65. The Labute approximate surface area is 102 Å². The minimum atomic E-state index is -1.76. The Bertz CT molecular complexity index is 506. The molecular formula is C10H14FN3O4. The summed E-state index contributed by atoms with van der Waals surface area (Å²) < 4.78 is 19.6. The van der Waals surface area contributed by atoms with Crippen LogP contribution in [0, 0.1) is 6.92 Å². The van der Waals surface area contributed by atoms with Crippen LogP contribution in [0.4, 0.5) is 10.2 Å². The number of aromatic nitrogens is 2. The van der Waals surface area contributed by atoms with E-state index in [2.05, 4.69) is 4.98 Å². The molecule has 18 heavy (non-hydrogen) atoms. The van der Waals surface area contributed by atoms with E-state index < -0.39 is 36.9 Å². The second-order valence-corrected chi connectivity index (χ2v) is 4.18. The lowest BCUT2D eigenvalue weighted by molar-refractivity contribution is -0.0537. The van der Waals surface area contributed by atoms with Crippen molar-refractivity contribution in [2.75, 3.05) is 12.3 Å². The number of nitrogens with zero attached hydrogens (tertiary/aromatic N) is 2. The molecule has 1 aliphatic heterocycles. The number of alkyl halides is 1. The number of hydrogen-bond donors (Lipinski definition) is 3. The SMILES string of the molecule is Cc1cn([C@@H]2O[C@H](CO)[C@@H](F)[C@@H]2O)c(=O)nc1N. The standard InChI is InChI=1S/C10H14FN3O4/c1-4-2-14(10(17)13-8(4)12)9-7(16)6(11)5(3-15)18-9/h2,5-7,9,15-16H,3H2,1H3,(H2,12,13,17)/t5-,6-,7+,9-/m1/s1. The summed E-state index contributed by atoms with van der Waals surface area (Å²) in [5.41, 5.74) is 5.23. The largest absolute Gasteiger partial charge is 0.394 e. The molecule has 100 valence electrons. The molecule has 7 nitrogen and oxygen atoms in total. The first-order chi connectivity index (χ1) is 8.45. The molecule has 2 heterocycles. The second kappa shape index (κ2) is 4.63. The summed E-state index contributed by atoms with van der Waals surface area (Å²) >= 11 is 0. The minimum Gasteiger partial charge on any atom is -0.394 e. The molecule has 1 aromatic heterocycles. The van der Waals surface area contributed by atoms with E-state index in [0.29, 0.717) is 5.56 Å². The maximum Gasteiger partial charge on any atom is 0.351 e. The predicted octanol–water partition coefficient (Wildman–Crippen LogP) is -1.28. The number of halogens is 1. The number of aryl methyl sites for hydroxylation is 1. The zero-order chi connectivity index (χ0) is 13.4. The van der Waals surface area contributed by atoms with Crippen molar-refractivity contribution < 1.29 is 19.3 Å². The number of ether oxygens (including phenoxy) is 1. The van der Waals surface area contributed by atoms with E-state index in [4.69, 9.17) is 15.6 Å². The van der Waals surface area contributed by atoms with E-state index in [1.165, 1.54) is 6.20 Å². The Kier molecular flexibility index (Phi) is 3.33. The zero-order valence-corrected chi connectivity index (χ0v) is 9.65. The maximum absolute atomic E-state index is 13.5. The minimum absolute atomic E-state index is 0.0687. The first kappa shape index (κ1) is 12.9. The lowest BCUT2D eigenvalue weighted by Crippen LogP contribution is -2.34. The van der Waals surface area contributed by atoms with E-state index in [-0.39, 0.29) is 5.82 Å². The van der Waals surface area contributed by atoms with Gasteiger partial charge in [-0.1, -0.05) is 0 Å². The quantitative estimate of drug-likeness (QED) is 0.610. The smallest absolute Gasteiger partial charge is 0.351 e. The van der Waals surface area contributed by atoms with Crippen LogP contribution >= 0.6 is 0 Å². The van der Waals surface area contributed by atoms with Crippen LogP contribution in [0.1, 0.15) is 11.8 Å². The molecule has 1 fully saturated rings. The third-order valence-electron chi connectivity index (χ3n) is 2.92. The summed E-state index contributed by atoms with van der Waals surface area (Å²) in [6, 6.07) is 0. The Balaban J connectivity index is 2.39. The van der Waals surface area contributed by atoms with Crippen molar-refractivity contribution in [2.24, 2.45) is 0 Å². The van der Waals surface area contributed by atoms with Gasteiger partial charge in [0, 0.05) is 11.8 Å². The van der Waals surface area contributed by atoms with Gasteiger partial charge in [0.15, 0.2) is 12.4 Å². The maximum atomic E-state index is 13.5. The lowest BCUT2D eigenvalue weighted by Gasteiger charge is -2.17. The van der Waals surface area contributed by atoms with Crippen LogP contribution in [0.2, 0.25) is 0 Å². The monoisotopic (exact) mass is 259 g/mol. The molecule has 1 aliphatic rings. The number of anilines is 1. The van der Waals surface area contributed by atoms with Gasteiger partial charge in [-0.3, -0.25) is 4.57 Å². The van der Waals surface area contributed by atoms with Crippen LogP contribution in [0.15, 0.2) is 11.0 Å². The third-order valence-corrected chi connectivity index (χ3v) is 2.92. The summed E-state index contributed by atoms with van der Waals surface area (Å²) in [5.74, 6) is 0.0687. The summed E-state index contributed by atoms with van der Waals surface area (Å²) in [4.78, 5) is 15.2. The topological polar surface area (TPSA) is 111 Å². The molecule has 2 rings (SSSR count). The van der Waals surface area contributed by atoms with Gasteiger partial charge in [0.05, 0.1) is 6.61 Å². The van der Waals surface area contributed by atoms with Crippen molar-refractivity contribution in [3.63, 3.8) is 0 Å². The van der Waals surface area contributed by atoms with E-state index in [9.17, 15) is 14.3 Å². The number of nitrogens with two attached hydrogens (primary N) is 1. The number of hydrogen-bond acceptors (Lipinski definition) is 6. The van der Waals surface area contributed by atoms with Crippen LogP contribution < -0.4 is 11.4 Å². The van der Waals surface area contributed by atoms with Crippen molar-refractivity contribution in [3.05, 3.63) is 22.2 Å². The van der Waals surface area contributed by atoms with E-state index in [0.717, 1.165) is 4.57 Å². The molecule has 1 aromatic rings. The van der Waals surface area contributed by atoms with Gasteiger partial charge in [0.1, 0.15) is 18.0 Å². The number of nitrogen functional groups attached to an aromatic ring is 1. The fourth-order valence-corrected chi connectivity index (χ4v) is 1.85. The third kappa shape index (κ3) is 1.98. The molecule has 8 heteroatoms. The number of aliphatic hydroxyl groups is 2. The summed E-state index contributed by atoms with van der Waals surface area (Å²) in [6.07, 6.45) is -4.33. The molecule has 0 unspecified atom stereocenters. The van der Waals surface area contributed by atoms with Gasteiger partial charge in [-0.05, 0) is 6.92 Å². The highest BCUT2D eigenvalue weighted by Gasteiger charge is 2.45. The molecule has 1 saturated heterocycles. The molecule has 4 N–H and O–H groups in total. The van der Waals surface area contributed by atoms with Crippen molar-refractivity contribution in [1.29, 1.82) is 0 Å². The van der Waals surface area contributed by atoms with Crippen LogP contribution in [0.25, 0.3) is 0 Å². The van der Waals surface area contributed by atoms with Gasteiger partial charge in [0.2, 0.25) is 0 Å². The highest BCUT2D eigenvalue weighted by atomic mass is 19.1. The number of rotatable bonds is 2. The summed E-state index contributed by atoms with van der Waals surface area (Å²) in [7, 11) is 0. The van der Waals surface area contributed by atoms with Gasteiger partial charge >= 0.3 is 5.69 Å². The first-order valence-electron chi connectivity index (χ1n) is 5.39. The number of aliphatic hydroxyl groups excluding tert-OH is 2. The van der Waals surface area contributed by atoms with Gasteiger partial charge in [-0.15, -0.1) is 0 Å². The second-order valence-electron chi connectivity index (χ2n) is 4.18. The van der Waals surface area contributed by atoms with Crippen LogP contribution in [-0.4, -0.2) is 44.8 Å². The van der Waals surface area contributed by atoms with Crippen LogP contribution in [0.5, 0.6) is 0 Å². The molecule has 0 bridgehead atoms. The van der Waals surface area contributed by atoms with Crippen LogP contribution in [-0.2, 0) is 4.74 Å². The van der Waals surface area contributed by atoms with Crippen LogP contribution in [0.3, 0.4) is 0 Å². The predicted molar refractivity (Wildman–Crippen MR) is 59.5 cm³/mol. The van der Waals surface area contributed by atoms with Gasteiger partial charge < -0.3 is 20.7 Å². The normalized spacial score (nSPS) is 31.8. The van der Waals surface area contributed by atoms with Crippen molar-refractivity contribution in [1.82, 2.24) is 9.55 Å². The average Bonchev–Trinajstić information content (AvgIpc) is 2.61. The molecular weight excluding hydrogens is 245 g/mol. The average molecular weight is 259 g/mol. The van der Waals surface area contributed by atoms with Crippen molar-refractivity contribution in [3.8, 4) is 0 Å². The van der Waals surface area contributed by atoms with Gasteiger partial charge in [-0.25, -0.2) is 9.18 Å². The first-order valence-corrected chi connectivity index (χ1v) is 5.39. The molecule has 0 aliphatic carbocycles. The highest BCUT2D eigenvalue weighted by molar-refractivity contribution is 5.35. The molecule has 4 atom stereocenters. The van der Waals surface area contributed by atoms with Gasteiger partial charge in [-0.2, -0.15) is 4.98 Å². The molecule has 0 spiro atoms. The molecule has 0 amide bonds. The fraction of sp³-hybridized carbons (Fsp3) is 0.600. The Morgan fingerprint density at radius 1 is 1.67 bits per heavy atom. The molecule has 0 saturated carbocycles. The molecule has 0 radical (unpaired) electrons.